The van der Waals surface area contributed by atoms with E-state index in [2.05, 4.69) is 10.6 Å². The third-order valence-electron chi connectivity index (χ3n) is 11.1. The minimum Gasteiger partial charge on any atom is -0.394 e. The highest BCUT2D eigenvalue weighted by molar-refractivity contribution is 6.72. The molecule has 12 heteroatoms. The van der Waals surface area contributed by atoms with Gasteiger partial charge in [-0.3, -0.25) is 14.4 Å². The molecular weight excluding hydrogens is 675 g/mol. The quantitative estimate of drug-likeness (QED) is 0.204. The highest BCUT2D eigenvalue weighted by Gasteiger charge is 2.67. The number of fused-ring (bicyclic) bond motifs is 3. The van der Waals surface area contributed by atoms with Gasteiger partial charge in [-0.15, -0.1) is 0 Å². The molecule has 3 aromatic carbocycles. The van der Waals surface area contributed by atoms with Gasteiger partial charge in [0.25, 0.3) is 5.91 Å². The molecule has 2 saturated heterocycles. The Kier molecular flexibility index (Phi) is 9.40. The van der Waals surface area contributed by atoms with Crippen LogP contribution in [0.2, 0.25) is 23.7 Å². The van der Waals surface area contributed by atoms with Gasteiger partial charge in [0.05, 0.1) is 43.4 Å². The van der Waals surface area contributed by atoms with Gasteiger partial charge in [0.15, 0.2) is 5.60 Å². The van der Waals surface area contributed by atoms with Gasteiger partial charge in [0.1, 0.15) is 0 Å². The number of rotatable bonds is 8. The lowest BCUT2D eigenvalue weighted by molar-refractivity contribution is -0.151. The Labute approximate surface area is 298 Å². The average molecular weight is 719 g/mol. The second-order valence-corrected chi connectivity index (χ2v) is 18.9. The predicted octanol–water partition coefficient (Wildman–Crippen LogP) is 5.69. The van der Waals surface area contributed by atoms with Crippen LogP contribution in [-0.2, 0) is 44.2 Å². The van der Waals surface area contributed by atoms with Crippen molar-refractivity contribution in [2.45, 2.75) is 88.1 Å². The molecule has 3 aromatic rings. The highest BCUT2D eigenvalue weighted by atomic mass is 35.5. The largest absolute Gasteiger partial charge is 0.394 e. The lowest BCUT2D eigenvalue weighted by Gasteiger charge is -2.37. The Hall–Kier alpha value is -3.61. The molecule has 4 heterocycles. The number of anilines is 2. The SMILES string of the molecule is C[C@H]1[C@H]([Si](C)(C)F)[C@@H](CC(=O)N2Cc3ccccc3C[C@H]2CO)O[C@]12C(=O)N(Cc1cccc(NC(=O)[C@H]3CCCN3)c1)c1ccc(Cl)cc12. The van der Waals surface area contributed by atoms with Crippen molar-refractivity contribution in [2.24, 2.45) is 5.92 Å². The maximum atomic E-state index is 16.5. The summed E-state index contributed by atoms with van der Waals surface area (Å²) in [5.41, 5.74) is 2.51. The smallest absolute Gasteiger partial charge is 0.264 e. The fraction of sp³-hybridized carbons (Fsp3) is 0.447. The summed E-state index contributed by atoms with van der Waals surface area (Å²) >= 11 is 6.55. The Morgan fingerprint density at radius 2 is 1.90 bits per heavy atom. The van der Waals surface area contributed by atoms with E-state index in [4.69, 9.17) is 16.3 Å². The van der Waals surface area contributed by atoms with Gasteiger partial charge in [-0.2, -0.15) is 0 Å². The molecule has 4 aliphatic rings. The molecule has 7 rings (SSSR count). The molecule has 0 unspecified atom stereocenters. The lowest BCUT2D eigenvalue weighted by Crippen LogP contribution is -2.48. The number of nitrogens with one attached hydrogen (secondary N) is 2. The number of hydrogen-bond donors (Lipinski definition) is 3. The number of nitrogens with zero attached hydrogens (tertiary/aromatic N) is 2. The van der Waals surface area contributed by atoms with Crippen molar-refractivity contribution < 1.29 is 28.3 Å². The van der Waals surface area contributed by atoms with Gasteiger partial charge in [0, 0.05) is 34.3 Å². The molecule has 6 atom stereocenters. The standard InChI is InChI=1S/C38H44ClFN4O5Si/c1-23-35(50(2,3)40)33(19-34(46)43-21-26-10-5-4-9-25(26)17-29(43)22-45)49-38(23)30-18-27(39)13-14-32(30)44(37(38)48)20-24-8-6-11-28(16-24)42-36(47)31-12-7-15-41-31/h4-6,8-11,13-14,16,18,23,29,31,33,35,41,45H,7,12,15,17,19-22H2,1-3H3,(H,42,47)/t23-,29-,31+,33+,35-,38+/m0/s1. The number of ether oxygens (including phenoxy) is 1. The Morgan fingerprint density at radius 1 is 1.12 bits per heavy atom. The molecular formula is C38H44ClFN4O5Si. The average Bonchev–Trinajstić information content (AvgIpc) is 3.78. The monoisotopic (exact) mass is 718 g/mol. The fourth-order valence-electron chi connectivity index (χ4n) is 8.78. The summed E-state index contributed by atoms with van der Waals surface area (Å²) in [5, 5.41) is 16.9. The Bertz CT molecular complexity index is 1820. The number of halogens is 2. The van der Waals surface area contributed by atoms with E-state index in [1.165, 1.54) is 0 Å². The van der Waals surface area contributed by atoms with E-state index in [1.807, 2.05) is 55.5 Å². The van der Waals surface area contributed by atoms with Gasteiger partial charge in [-0.25, -0.2) is 0 Å². The first-order chi connectivity index (χ1) is 23.9. The molecule has 2 fully saturated rings. The summed E-state index contributed by atoms with van der Waals surface area (Å²) in [6.45, 7) is 6.23. The van der Waals surface area contributed by atoms with Crippen molar-refractivity contribution in [3.63, 3.8) is 0 Å². The first-order valence-corrected chi connectivity index (χ1v) is 20.8. The van der Waals surface area contributed by atoms with Gasteiger partial charge < -0.3 is 34.4 Å². The number of aliphatic hydroxyl groups excluding tert-OH is 1. The highest BCUT2D eigenvalue weighted by Crippen LogP contribution is 2.60. The summed E-state index contributed by atoms with van der Waals surface area (Å²) in [6.07, 6.45) is 1.29. The van der Waals surface area contributed by atoms with Crippen LogP contribution in [0.5, 0.6) is 0 Å². The summed E-state index contributed by atoms with van der Waals surface area (Å²) in [5.74, 6) is -1.25. The zero-order chi connectivity index (χ0) is 35.4. The second-order valence-electron chi connectivity index (χ2n) is 14.7. The molecule has 4 aliphatic heterocycles. The van der Waals surface area contributed by atoms with Crippen LogP contribution < -0.4 is 15.5 Å². The van der Waals surface area contributed by atoms with Crippen LogP contribution in [0.4, 0.5) is 15.5 Å². The van der Waals surface area contributed by atoms with Gasteiger partial charge in [0.2, 0.25) is 20.2 Å². The van der Waals surface area contributed by atoms with Crippen molar-refractivity contribution in [2.75, 3.05) is 23.4 Å². The number of hydrogen-bond acceptors (Lipinski definition) is 6. The van der Waals surface area contributed by atoms with Crippen molar-refractivity contribution in [3.05, 3.63) is 94.0 Å². The first-order valence-electron chi connectivity index (χ1n) is 17.5. The van der Waals surface area contributed by atoms with E-state index in [9.17, 15) is 19.5 Å². The van der Waals surface area contributed by atoms with E-state index in [0.29, 0.717) is 34.9 Å². The number of carbonyl (C=O) groups excluding carboxylic acids is 3. The van der Waals surface area contributed by atoms with Crippen LogP contribution in [0.15, 0.2) is 66.7 Å². The molecule has 0 aliphatic carbocycles. The molecule has 9 nitrogen and oxygen atoms in total. The number of aliphatic hydroxyl groups is 1. The van der Waals surface area contributed by atoms with Crippen molar-refractivity contribution in [1.29, 1.82) is 0 Å². The van der Waals surface area contributed by atoms with Gasteiger partial charge in [-0.1, -0.05) is 54.9 Å². The number of carbonyl (C=O) groups is 3. The molecule has 0 radical (unpaired) electrons. The fourth-order valence-corrected chi connectivity index (χ4v) is 11.4. The van der Waals surface area contributed by atoms with Crippen LogP contribution in [0.3, 0.4) is 0 Å². The van der Waals surface area contributed by atoms with Crippen LogP contribution in [0, 0.1) is 5.92 Å². The second kappa shape index (κ2) is 13.5. The predicted molar refractivity (Wildman–Crippen MR) is 193 cm³/mol. The molecule has 264 valence electrons. The third-order valence-corrected chi connectivity index (χ3v) is 13.8. The van der Waals surface area contributed by atoms with Crippen LogP contribution in [0.25, 0.3) is 0 Å². The summed E-state index contributed by atoms with van der Waals surface area (Å²) in [7, 11) is -3.53. The maximum Gasteiger partial charge on any atom is 0.264 e. The zero-order valence-corrected chi connectivity index (χ0v) is 30.4. The van der Waals surface area contributed by atoms with Gasteiger partial charge in [-0.05, 0) is 85.9 Å². The van der Waals surface area contributed by atoms with E-state index >= 15 is 4.11 Å². The molecule has 50 heavy (non-hydrogen) atoms. The number of amides is 3. The van der Waals surface area contributed by atoms with E-state index in [1.54, 1.807) is 41.1 Å². The molecule has 0 bridgehead atoms. The number of benzene rings is 3. The topological polar surface area (TPSA) is 111 Å². The van der Waals surface area contributed by atoms with Crippen molar-refractivity contribution >= 4 is 49.1 Å². The normalized spacial score (nSPS) is 27.5. The minimum absolute atomic E-state index is 0.0901. The zero-order valence-electron chi connectivity index (χ0n) is 28.6. The van der Waals surface area contributed by atoms with Crippen LogP contribution in [0.1, 0.15) is 48.4 Å². The van der Waals surface area contributed by atoms with E-state index < -0.39 is 37.6 Å². The lowest BCUT2D eigenvalue weighted by atomic mass is 9.82. The minimum atomic E-state index is -3.53. The van der Waals surface area contributed by atoms with E-state index in [-0.39, 0.29) is 43.3 Å². The van der Waals surface area contributed by atoms with Crippen LogP contribution in [-0.4, -0.2) is 67.5 Å². The summed E-state index contributed by atoms with van der Waals surface area (Å²) < 4.78 is 23.3. The molecule has 0 saturated carbocycles. The van der Waals surface area contributed by atoms with E-state index in [0.717, 1.165) is 36.1 Å². The van der Waals surface area contributed by atoms with Crippen molar-refractivity contribution in [1.82, 2.24) is 10.2 Å². The van der Waals surface area contributed by atoms with Crippen molar-refractivity contribution in [3.8, 4) is 0 Å². The third kappa shape index (κ3) is 6.17. The Morgan fingerprint density at radius 3 is 2.62 bits per heavy atom. The van der Waals surface area contributed by atoms with Crippen LogP contribution >= 0.6 is 11.6 Å². The Balaban J connectivity index is 1.18. The summed E-state index contributed by atoms with van der Waals surface area (Å²) in [6, 6.07) is 19.9. The molecule has 3 amide bonds. The molecule has 3 N–H and O–H groups in total. The molecule has 1 spiro atoms. The molecule has 0 aromatic heterocycles. The summed E-state index contributed by atoms with van der Waals surface area (Å²) in [4.78, 5) is 45.0. The maximum absolute atomic E-state index is 16.5. The first kappa shape index (κ1) is 34.8. The van der Waals surface area contributed by atoms with Gasteiger partial charge >= 0.3 is 0 Å².